The number of nitrogens with zero attached hydrogens (tertiary/aromatic N) is 1. The first-order valence-corrected chi connectivity index (χ1v) is 8.90. The summed E-state index contributed by atoms with van der Waals surface area (Å²) in [6.45, 7) is 4.39. The Morgan fingerprint density at radius 2 is 1.62 bits per heavy atom. The lowest BCUT2D eigenvalue weighted by Crippen LogP contribution is -2.23. The molecule has 0 aliphatic carbocycles. The Labute approximate surface area is 131 Å². The van der Waals surface area contributed by atoms with Crippen LogP contribution in [-0.4, -0.2) is 11.0 Å². The van der Waals surface area contributed by atoms with Crippen molar-refractivity contribution in [2.75, 3.05) is 0 Å². The molecule has 21 heavy (non-hydrogen) atoms. The van der Waals surface area contributed by atoms with E-state index in [1.807, 2.05) is 12.3 Å². The number of nitrogens with two attached hydrogens (primary N) is 1. The van der Waals surface area contributed by atoms with Gasteiger partial charge in [0.25, 0.3) is 0 Å². The number of pyridine rings is 1. The Kier molecular flexibility index (Phi) is 10.1. The zero-order chi connectivity index (χ0) is 15.3. The zero-order valence-electron chi connectivity index (χ0n) is 14.1. The van der Waals surface area contributed by atoms with Gasteiger partial charge in [-0.1, -0.05) is 70.8 Å². The highest BCUT2D eigenvalue weighted by molar-refractivity contribution is 5.18. The van der Waals surface area contributed by atoms with Crippen molar-refractivity contribution in [3.8, 4) is 0 Å². The summed E-state index contributed by atoms with van der Waals surface area (Å²) < 4.78 is 0. The van der Waals surface area contributed by atoms with E-state index in [9.17, 15) is 0 Å². The van der Waals surface area contributed by atoms with Crippen LogP contribution < -0.4 is 5.73 Å². The third kappa shape index (κ3) is 8.87. The third-order valence-corrected chi connectivity index (χ3v) is 4.25. The van der Waals surface area contributed by atoms with Crippen molar-refractivity contribution in [1.29, 1.82) is 0 Å². The van der Waals surface area contributed by atoms with Gasteiger partial charge in [0.15, 0.2) is 0 Å². The molecular formula is C19H34N2. The van der Waals surface area contributed by atoms with Crippen LogP contribution >= 0.6 is 0 Å². The average molecular weight is 290 g/mol. The maximum Gasteiger partial charge on any atom is 0.0448 e. The summed E-state index contributed by atoms with van der Waals surface area (Å²) in [7, 11) is 0. The van der Waals surface area contributed by atoms with Crippen molar-refractivity contribution < 1.29 is 0 Å². The summed E-state index contributed by atoms with van der Waals surface area (Å²) in [6, 6.07) is 4.38. The second-order valence-electron chi connectivity index (χ2n) is 6.35. The minimum absolute atomic E-state index is 0.267. The van der Waals surface area contributed by atoms with E-state index in [0.717, 1.165) is 12.8 Å². The fourth-order valence-electron chi connectivity index (χ4n) is 2.80. The molecule has 0 aromatic carbocycles. The molecule has 1 aromatic rings. The van der Waals surface area contributed by atoms with Crippen molar-refractivity contribution in [3.63, 3.8) is 0 Å². The smallest absolute Gasteiger partial charge is 0.0448 e. The van der Waals surface area contributed by atoms with Gasteiger partial charge in [0.05, 0.1) is 0 Å². The normalized spacial score (nSPS) is 12.5. The van der Waals surface area contributed by atoms with Crippen molar-refractivity contribution in [3.05, 3.63) is 29.6 Å². The van der Waals surface area contributed by atoms with Gasteiger partial charge in [-0.05, 0) is 25.0 Å². The largest absolute Gasteiger partial charge is 0.327 e. The molecule has 0 spiro atoms. The van der Waals surface area contributed by atoms with Crippen LogP contribution in [0.3, 0.4) is 0 Å². The first-order chi connectivity index (χ1) is 10.2. The van der Waals surface area contributed by atoms with E-state index < -0.39 is 0 Å². The van der Waals surface area contributed by atoms with E-state index in [2.05, 4.69) is 24.9 Å². The van der Waals surface area contributed by atoms with Crippen LogP contribution in [0.2, 0.25) is 0 Å². The van der Waals surface area contributed by atoms with Crippen LogP contribution in [0.5, 0.6) is 0 Å². The van der Waals surface area contributed by atoms with Crippen molar-refractivity contribution in [2.24, 2.45) is 5.73 Å². The van der Waals surface area contributed by atoms with Gasteiger partial charge >= 0.3 is 0 Å². The molecule has 1 atom stereocenters. The van der Waals surface area contributed by atoms with Gasteiger partial charge in [0.2, 0.25) is 0 Å². The Hall–Kier alpha value is -0.890. The topological polar surface area (TPSA) is 38.9 Å². The SMILES string of the molecule is CCCCCCCCCCCC(N)Cc1ncccc1C. The Morgan fingerprint density at radius 3 is 2.24 bits per heavy atom. The summed E-state index contributed by atoms with van der Waals surface area (Å²) in [5.41, 5.74) is 8.66. The number of hydrogen-bond acceptors (Lipinski definition) is 2. The highest BCUT2D eigenvalue weighted by atomic mass is 14.7. The molecule has 1 heterocycles. The Morgan fingerprint density at radius 1 is 1.00 bits per heavy atom. The molecule has 2 nitrogen and oxygen atoms in total. The van der Waals surface area contributed by atoms with E-state index in [-0.39, 0.29) is 6.04 Å². The Balaban J connectivity index is 1.99. The van der Waals surface area contributed by atoms with Crippen LogP contribution in [0, 0.1) is 6.92 Å². The van der Waals surface area contributed by atoms with Crippen molar-refractivity contribution in [2.45, 2.75) is 90.5 Å². The summed E-state index contributed by atoms with van der Waals surface area (Å²) in [5.74, 6) is 0. The fraction of sp³-hybridized carbons (Fsp3) is 0.737. The second kappa shape index (κ2) is 11.7. The van der Waals surface area contributed by atoms with Gasteiger partial charge in [0, 0.05) is 24.4 Å². The molecule has 1 aromatic heterocycles. The highest BCUT2D eigenvalue weighted by Crippen LogP contribution is 2.13. The van der Waals surface area contributed by atoms with E-state index in [1.165, 1.54) is 69.0 Å². The summed E-state index contributed by atoms with van der Waals surface area (Å²) in [4.78, 5) is 4.43. The molecule has 0 saturated carbocycles. The zero-order valence-corrected chi connectivity index (χ0v) is 14.1. The number of unbranched alkanes of at least 4 members (excludes halogenated alkanes) is 8. The average Bonchev–Trinajstić information content (AvgIpc) is 2.48. The highest BCUT2D eigenvalue weighted by Gasteiger charge is 2.06. The molecule has 0 radical (unpaired) electrons. The Bertz CT molecular complexity index is 362. The third-order valence-electron chi connectivity index (χ3n) is 4.25. The number of aromatic nitrogens is 1. The van der Waals surface area contributed by atoms with Gasteiger partial charge in [0.1, 0.15) is 0 Å². The molecule has 120 valence electrons. The summed E-state index contributed by atoms with van der Waals surface area (Å²) >= 11 is 0. The van der Waals surface area contributed by atoms with Gasteiger partial charge in [-0.15, -0.1) is 0 Å². The lowest BCUT2D eigenvalue weighted by Gasteiger charge is -2.12. The molecule has 0 bridgehead atoms. The number of hydrogen-bond donors (Lipinski definition) is 1. The van der Waals surface area contributed by atoms with Crippen molar-refractivity contribution in [1.82, 2.24) is 4.98 Å². The molecule has 1 unspecified atom stereocenters. The van der Waals surface area contributed by atoms with Crippen LogP contribution in [0.25, 0.3) is 0 Å². The molecule has 0 saturated heterocycles. The van der Waals surface area contributed by atoms with Gasteiger partial charge in [-0.2, -0.15) is 0 Å². The van der Waals surface area contributed by atoms with Crippen LogP contribution in [0.1, 0.15) is 82.4 Å². The van der Waals surface area contributed by atoms with Crippen molar-refractivity contribution >= 4 is 0 Å². The standard InChI is InChI=1S/C19H34N2/c1-3-4-5-6-7-8-9-10-11-14-18(20)16-19-17(2)13-12-15-21-19/h12-13,15,18H,3-11,14,16,20H2,1-2H3. The maximum absolute atomic E-state index is 6.23. The fourth-order valence-corrected chi connectivity index (χ4v) is 2.80. The summed E-state index contributed by atoms with van der Waals surface area (Å²) in [5, 5.41) is 0. The molecule has 2 heteroatoms. The van der Waals surface area contributed by atoms with Gasteiger partial charge < -0.3 is 5.73 Å². The molecule has 0 amide bonds. The second-order valence-corrected chi connectivity index (χ2v) is 6.35. The lowest BCUT2D eigenvalue weighted by atomic mass is 10.0. The molecule has 0 aliphatic heterocycles. The van der Waals surface area contributed by atoms with Crippen LogP contribution in [0.15, 0.2) is 18.3 Å². The lowest BCUT2D eigenvalue weighted by molar-refractivity contribution is 0.519. The van der Waals surface area contributed by atoms with Gasteiger partial charge in [-0.3, -0.25) is 4.98 Å². The molecule has 1 rings (SSSR count). The van der Waals surface area contributed by atoms with E-state index in [4.69, 9.17) is 5.73 Å². The first kappa shape index (κ1) is 18.2. The quantitative estimate of drug-likeness (QED) is 0.539. The predicted molar refractivity (Wildman–Crippen MR) is 92.5 cm³/mol. The van der Waals surface area contributed by atoms with Gasteiger partial charge in [-0.25, -0.2) is 0 Å². The molecule has 0 fully saturated rings. The van der Waals surface area contributed by atoms with E-state index in [1.54, 1.807) is 0 Å². The van der Waals surface area contributed by atoms with E-state index in [0.29, 0.717) is 0 Å². The maximum atomic E-state index is 6.23. The van der Waals surface area contributed by atoms with Crippen LogP contribution in [-0.2, 0) is 6.42 Å². The molecular weight excluding hydrogens is 256 g/mol. The van der Waals surface area contributed by atoms with Crippen LogP contribution in [0.4, 0.5) is 0 Å². The summed E-state index contributed by atoms with van der Waals surface area (Å²) in [6.07, 6.45) is 16.3. The van der Waals surface area contributed by atoms with E-state index >= 15 is 0 Å². The minimum atomic E-state index is 0.267. The number of aryl methyl sites for hydroxylation is 1. The first-order valence-electron chi connectivity index (χ1n) is 8.90. The molecule has 2 N–H and O–H groups in total. The molecule has 0 aliphatic rings. The monoisotopic (exact) mass is 290 g/mol. The number of rotatable bonds is 12. The minimum Gasteiger partial charge on any atom is -0.327 e. The predicted octanol–water partition coefficient (Wildman–Crippen LogP) is 5.18.